The number of amides is 2. The van der Waals surface area contributed by atoms with Gasteiger partial charge in [0.05, 0.1) is 6.04 Å². The van der Waals surface area contributed by atoms with E-state index in [0.717, 1.165) is 44.9 Å². The van der Waals surface area contributed by atoms with E-state index in [0.29, 0.717) is 19.0 Å². The van der Waals surface area contributed by atoms with Crippen LogP contribution in [0.3, 0.4) is 0 Å². The molecule has 0 saturated heterocycles. The maximum Gasteiger partial charge on any atom is 0.223 e. The van der Waals surface area contributed by atoms with Crippen molar-refractivity contribution in [3.8, 4) is 0 Å². The normalized spacial score (nSPS) is 22.1. The summed E-state index contributed by atoms with van der Waals surface area (Å²) in [5, 5.41) is 2.96. The van der Waals surface area contributed by atoms with E-state index >= 15 is 0 Å². The molecule has 1 aromatic carbocycles. The quantitative estimate of drug-likeness (QED) is 0.783. The molecule has 2 saturated carbocycles. The van der Waals surface area contributed by atoms with Gasteiger partial charge in [-0.05, 0) is 56.1 Å². The molecule has 1 aromatic rings. The van der Waals surface area contributed by atoms with Crippen LogP contribution in [0.2, 0.25) is 0 Å². The van der Waals surface area contributed by atoms with Crippen molar-refractivity contribution in [3.05, 3.63) is 35.4 Å². The van der Waals surface area contributed by atoms with E-state index in [1.165, 1.54) is 11.1 Å². The molecule has 24 heavy (non-hydrogen) atoms. The number of nitrogens with one attached hydrogen (secondary N) is 1. The van der Waals surface area contributed by atoms with E-state index in [9.17, 15) is 9.59 Å². The molecule has 1 N–H and O–H groups in total. The second-order valence-electron chi connectivity index (χ2n) is 7.45. The average Bonchev–Trinajstić information content (AvgIpc) is 3.50. The SMILES string of the molecule is O=C(NCCCC(=O)N(C1CC1)[C@H]1CCc2ccccc21)C1CC1. The molecule has 1 atom stereocenters. The summed E-state index contributed by atoms with van der Waals surface area (Å²) in [6, 6.07) is 9.26. The summed E-state index contributed by atoms with van der Waals surface area (Å²) in [7, 11) is 0. The van der Waals surface area contributed by atoms with E-state index in [2.05, 4.69) is 34.5 Å². The molecule has 0 unspecified atom stereocenters. The lowest BCUT2D eigenvalue weighted by Gasteiger charge is -2.30. The Morgan fingerprint density at radius 3 is 2.62 bits per heavy atom. The zero-order chi connectivity index (χ0) is 16.5. The molecular formula is C20H26N2O2. The van der Waals surface area contributed by atoms with E-state index in [1.807, 2.05) is 0 Å². The van der Waals surface area contributed by atoms with Gasteiger partial charge in [-0.1, -0.05) is 24.3 Å². The number of carbonyl (C=O) groups is 2. The number of fused-ring (bicyclic) bond motifs is 1. The minimum atomic E-state index is 0.172. The minimum Gasteiger partial charge on any atom is -0.356 e. The van der Waals surface area contributed by atoms with Crippen LogP contribution >= 0.6 is 0 Å². The van der Waals surface area contributed by atoms with Gasteiger partial charge in [-0.15, -0.1) is 0 Å². The number of benzene rings is 1. The van der Waals surface area contributed by atoms with E-state index in [-0.39, 0.29) is 23.8 Å². The van der Waals surface area contributed by atoms with E-state index in [4.69, 9.17) is 0 Å². The molecule has 0 radical (unpaired) electrons. The van der Waals surface area contributed by atoms with Gasteiger partial charge in [0.25, 0.3) is 0 Å². The molecule has 0 bridgehead atoms. The van der Waals surface area contributed by atoms with Crippen molar-refractivity contribution < 1.29 is 9.59 Å². The Hall–Kier alpha value is -1.84. The van der Waals surface area contributed by atoms with Gasteiger partial charge in [-0.25, -0.2) is 0 Å². The Morgan fingerprint density at radius 1 is 1.08 bits per heavy atom. The third kappa shape index (κ3) is 3.33. The van der Waals surface area contributed by atoms with Crippen molar-refractivity contribution in [1.82, 2.24) is 10.2 Å². The Morgan fingerprint density at radius 2 is 1.88 bits per heavy atom. The Balaban J connectivity index is 1.33. The first-order chi connectivity index (χ1) is 11.7. The van der Waals surface area contributed by atoms with Crippen LogP contribution < -0.4 is 5.32 Å². The fourth-order valence-corrected chi connectivity index (χ4v) is 3.88. The van der Waals surface area contributed by atoms with Gasteiger partial charge in [-0.3, -0.25) is 9.59 Å². The smallest absolute Gasteiger partial charge is 0.223 e. The summed E-state index contributed by atoms with van der Waals surface area (Å²) in [6.45, 7) is 0.626. The second-order valence-corrected chi connectivity index (χ2v) is 7.45. The van der Waals surface area contributed by atoms with Crippen LogP contribution in [0.1, 0.15) is 62.1 Å². The third-order valence-corrected chi connectivity index (χ3v) is 5.48. The molecule has 0 aliphatic heterocycles. The van der Waals surface area contributed by atoms with Crippen molar-refractivity contribution in [2.75, 3.05) is 6.54 Å². The van der Waals surface area contributed by atoms with Gasteiger partial charge in [0.2, 0.25) is 11.8 Å². The summed E-state index contributed by atoms with van der Waals surface area (Å²) in [5.74, 6) is 0.685. The molecule has 0 aromatic heterocycles. The standard InChI is InChI=1S/C20H26N2O2/c23-19(6-3-13-21-20(24)15-7-8-15)22(16-10-11-16)18-12-9-14-4-1-2-5-17(14)18/h1-2,4-5,15-16,18H,3,6-13H2,(H,21,24)/t18-/m0/s1. The van der Waals surface area contributed by atoms with Crippen LogP contribution in [0.25, 0.3) is 0 Å². The van der Waals surface area contributed by atoms with Crippen molar-refractivity contribution >= 4 is 11.8 Å². The summed E-state index contributed by atoms with van der Waals surface area (Å²) < 4.78 is 0. The van der Waals surface area contributed by atoms with Gasteiger partial charge in [0.1, 0.15) is 0 Å². The topological polar surface area (TPSA) is 49.4 Å². The average molecular weight is 326 g/mol. The number of carbonyl (C=O) groups excluding carboxylic acids is 2. The number of hydrogen-bond donors (Lipinski definition) is 1. The second kappa shape index (κ2) is 6.58. The minimum absolute atomic E-state index is 0.172. The molecular weight excluding hydrogens is 300 g/mol. The number of nitrogens with zero attached hydrogens (tertiary/aromatic N) is 1. The lowest BCUT2D eigenvalue weighted by atomic mass is 10.1. The highest BCUT2D eigenvalue weighted by atomic mass is 16.2. The number of aryl methyl sites for hydroxylation is 1. The zero-order valence-electron chi connectivity index (χ0n) is 14.2. The lowest BCUT2D eigenvalue weighted by molar-refractivity contribution is -0.134. The molecule has 4 nitrogen and oxygen atoms in total. The third-order valence-electron chi connectivity index (χ3n) is 5.48. The molecule has 0 heterocycles. The van der Waals surface area contributed by atoms with E-state index in [1.54, 1.807) is 0 Å². The van der Waals surface area contributed by atoms with Gasteiger partial charge in [0, 0.05) is 24.9 Å². The van der Waals surface area contributed by atoms with Gasteiger partial charge < -0.3 is 10.2 Å². The first-order valence-electron chi connectivity index (χ1n) is 9.40. The predicted molar refractivity (Wildman–Crippen MR) is 92.3 cm³/mol. The van der Waals surface area contributed by atoms with Crippen molar-refractivity contribution in [1.29, 1.82) is 0 Å². The number of rotatable bonds is 7. The predicted octanol–water partition coefficient (Wildman–Crippen LogP) is 2.97. The highest BCUT2D eigenvalue weighted by Gasteiger charge is 2.39. The van der Waals surface area contributed by atoms with Crippen molar-refractivity contribution in [2.24, 2.45) is 5.92 Å². The molecule has 4 rings (SSSR count). The lowest BCUT2D eigenvalue weighted by Crippen LogP contribution is -2.36. The van der Waals surface area contributed by atoms with Crippen molar-refractivity contribution in [2.45, 2.75) is 63.5 Å². The Bertz CT molecular complexity index is 634. The monoisotopic (exact) mass is 326 g/mol. The largest absolute Gasteiger partial charge is 0.356 e. The summed E-state index contributed by atoms with van der Waals surface area (Å²) in [6.07, 6.45) is 7.76. The van der Waals surface area contributed by atoms with Crippen LogP contribution in [0.4, 0.5) is 0 Å². The fourth-order valence-electron chi connectivity index (χ4n) is 3.88. The van der Waals surface area contributed by atoms with Crippen LogP contribution in [0, 0.1) is 5.92 Å². The first-order valence-corrected chi connectivity index (χ1v) is 9.40. The molecule has 2 amide bonds. The molecule has 2 fully saturated rings. The summed E-state index contributed by atoms with van der Waals surface area (Å²) in [5.41, 5.74) is 2.75. The maximum absolute atomic E-state index is 12.8. The van der Waals surface area contributed by atoms with Crippen LogP contribution in [-0.4, -0.2) is 29.3 Å². The molecule has 128 valence electrons. The highest BCUT2D eigenvalue weighted by Crippen LogP contribution is 2.42. The van der Waals surface area contributed by atoms with E-state index < -0.39 is 0 Å². The van der Waals surface area contributed by atoms with Crippen molar-refractivity contribution in [3.63, 3.8) is 0 Å². The Kier molecular flexibility index (Phi) is 4.30. The molecule has 3 aliphatic rings. The molecule has 4 heteroatoms. The fraction of sp³-hybridized carbons (Fsp3) is 0.600. The van der Waals surface area contributed by atoms with Crippen LogP contribution in [-0.2, 0) is 16.0 Å². The first kappa shape index (κ1) is 15.7. The summed E-state index contributed by atoms with van der Waals surface area (Å²) >= 11 is 0. The van der Waals surface area contributed by atoms with Gasteiger partial charge in [0.15, 0.2) is 0 Å². The van der Waals surface area contributed by atoms with Crippen LogP contribution in [0.5, 0.6) is 0 Å². The highest BCUT2D eigenvalue weighted by molar-refractivity contribution is 5.81. The van der Waals surface area contributed by atoms with Gasteiger partial charge >= 0.3 is 0 Å². The maximum atomic E-state index is 12.8. The summed E-state index contributed by atoms with van der Waals surface area (Å²) in [4.78, 5) is 26.6. The number of hydrogen-bond acceptors (Lipinski definition) is 2. The van der Waals surface area contributed by atoms with Crippen LogP contribution in [0.15, 0.2) is 24.3 Å². The molecule has 3 aliphatic carbocycles. The van der Waals surface area contributed by atoms with Gasteiger partial charge in [-0.2, -0.15) is 0 Å². The zero-order valence-corrected chi connectivity index (χ0v) is 14.2. The molecule has 0 spiro atoms. The Labute approximate surface area is 143 Å².